The van der Waals surface area contributed by atoms with Gasteiger partial charge in [0, 0.05) is 16.1 Å². The van der Waals surface area contributed by atoms with Gasteiger partial charge >= 0.3 is 88.1 Å². The van der Waals surface area contributed by atoms with E-state index < -0.39 is 20.1 Å². The van der Waals surface area contributed by atoms with Gasteiger partial charge in [0.2, 0.25) is 0 Å². The van der Waals surface area contributed by atoms with Gasteiger partial charge < -0.3 is 5.11 Å². The van der Waals surface area contributed by atoms with Crippen molar-refractivity contribution in [2.24, 2.45) is 0 Å². The van der Waals surface area contributed by atoms with Crippen molar-refractivity contribution in [3.05, 3.63) is 51.5 Å². The predicted molar refractivity (Wildman–Crippen MR) is 112 cm³/mol. The molecule has 0 unspecified atom stereocenters. The van der Waals surface area contributed by atoms with Crippen molar-refractivity contribution in [1.29, 1.82) is 0 Å². The molecule has 0 bridgehead atoms. The SMILES string of the molecule is CC(=O)Nc1cc([As](=O)(O)O)ccc1O.Oc1c(Br)cc(Br)c2cccnc12. The Hall–Kier alpha value is -1.84. The minimum atomic E-state index is -4.98. The van der Waals surface area contributed by atoms with Gasteiger partial charge in [-0.05, 0) is 28.1 Å². The van der Waals surface area contributed by atoms with Crippen LogP contribution in [-0.4, -0.2) is 43.5 Å². The smallest absolute Gasteiger partial charge is 0.156 e. The van der Waals surface area contributed by atoms with Gasteiger partial charge in [0.05, 0.1) is 4.47 Å². The maximum Gasteiger partial charge on any atom is 0.156 e. The van der Waals surface area contributed by atoms with Gasteiger partial charge in [0.15, 0.2) is 5.75 Å². The number of benzene rings is 2. The zero-order chi connectivity index (χ0) is 21.1. The molecule has 0 spiro atoms. The molecule has 0 aliphatic rings. The van der Waals surface area contributed by atoms with E-state index in [0.717, 1.165) is 28.1 Å². The molecule has 1 heterocycles. The summed E-state index contributed by atoms with van der Waals surface area (Å²) in [4.78, 5) is 14.8. The number of aromatic nitrogens is 1. The van der Waals surface area contributed by atoms with Crippen LogP contribution in [0.25, 0.3) is 10.9 Å². The topological polar surface area (TPSA) is 140 Å². The van der Waals surface area contributed by atoms with E-state index in [1.165, 1.54) is 6.92 Å². The molecule has 1 amide bonds. The zero-order valence-corrected chi connectivity index (χ0v) is 19.3. The molecule has 2 aromatic carbocycles. The monoisotopic (exact) mass is 576 g/mol. The number of anilines is 1. The van der Waals surface area contributed by atoms with Crippen LogP contribution in [0.1, 0.15) is 6.92 Å². The van der Waals surface area contributed by atoms with E-state index in [0.29, 0.717) is 9.99 Å². The van der Waals surface area contributed by atoms with Crippen LogP contribution in [0.2, 0.25) is 0 Å². The van der Waals surface area contributed by atoms with Gasteiger partial charge in [-0.25, -0.2) is 0 Å². The number of rotatable bonds is 2. The second kappa shape index (κ2) is 9.10. The molecule has 8 nitrogen and oxygen atoms in total. The predicted octanol–water partition coefficient (Wildman–Crippen LogP) is 2.38. The molecule has 0 aliphatic carbocycles. The molecule has 0 atom stereocenters. The molecule has 0 aliphatic heterocycles. The number of pyridine rings is 1. The molecular weight excluding hydrogens is 563 g/mol. The van der Waals surface area contributed by atoms with Crippen molar-refractivity contribution < 1.29 is 26.9 Å². The number of aromatic hydroxyl groups is 2. The molecule has 0 fully saturated rings. The number of carbonyl (C=O) groups excluding carboxylic acids is 1. The molecule has 0 radical (unpaired) electrons. The zero-order valence-electron chi connectivity index (χ0n) is 14.3. The van der Waals surface area contributed by atoms with Crippen LogP contribution in [0.4, 0.5) is 5.69 Å². The van der Waals surface area contributed by atoms with Crippen molar-refractivity contribution in [2.75, 3.05) is 5.32 Å². The quantitative estimate of drug-likeness (QED) is 0.233. The van der Waals surface area contributed by atoms with Crippen molar-refractivity contribution in [2.45, 2.75) is 6.92 Å². The van der Waals surface area contributed by atoms with Gasteiger partial charge in [-0.3, -0.25) is 4.98 Å². The maximum atomic E-state index is 10.9. The van der Waals surface area contributed by atoms with Crippen molar-refractivity contribution in [3.8, 4) is 11.5 Å². The molecule has 28 heavy (non-hydrogen) atoms. The van der Waals surface area contributed by atoms with Crippen LogP contribution in [-0.2, 0) is 8.53 Å². The Morgan fingerprint density at radius 2 is 1.79 bits per heavy atom. The van der Waals surface area contributed by atoms with Crippen molar-refractivity contribution >= 4 is 72.9 Å². The molecular formula is C17H15AsBr2N2O6. The number of amides is 1. The van der Waals surface area contributed by atoms with Crippen LogP contribution in [0.15, 0.2) is 51.5 Å². The van der Waals surface area contributed by atoms with E-state index in [9.17, 15) is 18.7 Å². The van der Waals surface area contributed by atoms with E-state index in [-0.39, 0.29) is 21.5 Å². The number of fused-ring (bicyclic) bond motifs is 1. The molecule has 3 aromatic rings. The summed E-state index contributed by atoms with van der Waals surface area (Å²) in [7, 11) is 0. The summed E-state index contributed by atoms with van der Waals surface area (Å²) in [5, 5.41) is 22.1. The van der Waals surface area contributed by atoms with Gasteiger partial charge in [0.1, 0.15) is 5.52 Å². The summed E-state index contributed by atoms with van der Waals surface area (Å²) in [5.74, 6) is -0.489. The Morgan fingerprint density at radius 1 is 1.11 bits per heavy atom. The summed E-state index contributed by atoms with van der Waals surface area (Å²) in [6.07, 6.45) is 1.65. The Bertz CT molecular complexity index is 1090. The third-order valence-electron chi connectivity index (χ3n) is 3.40. The average molecular weight is 578 g/mol. The molecule has 0 saturated heterocycles. The van der Waals surface area contributed by atoms with Crippen LogP contribution < -0.4 is 9.67 Å². The number of phenols is 2. The first kappa shape index (κ1) is 22.4. The Kier molecular flexibility index (Phi) is 7.30. The molecule has 5 N–H and O–H groups in total. The van der Waals surface area contributed by atoms with E-state index in [4.69, 9.17) is 8.19 Å². The largest absolute Gasteiger partial charge is 0.505 e. The summed E-state index contributed by atoms with van der Waals surface area (Å²) in [5.41, 5.74) is 0.591. The number of nitrogens with one attached hydrogen (secondary N) is 1. The van der Waals surface area contributed by atoms with E-state index in [1.54, 1.807) is 12.3 Å². The van der Waals surface area contributed by atoms with Gasteiger partial charge in [-0.1, -0.05) is 22.0 Å². The van der Waals surface area contributed by atoms with E-state index in [1.807, 2.05) is 12.1 Å². The second-order valence-corrected chi connectivity index (χ2v) is 10.6. The van der Waals surface area contributed by atoms with Crippen LogP contribution in [0.3, 0.4) is 0 Å². The number of phenolic OH excluding ortho intramolecular Hbond substituents is 2. The Morgan fingerprint density at radius 3 is 2.39 bits per heavy atom. The first-order chi connectivity index (χ1) is 13.0. The molecule has 148 valence electrons. The fraction of sp³-hybridized carbons (Fsp3) is 0.0588. The van der Waals surface area contributed by atoms with Crippen LogP contribution in [0, 0.1) is 0 Å². The van der Waals surface area contributed by atoms with Gasteiger partial charge in [-0.15, -0.1) is 0 Å². The first-order valence-corrected chi connectivity index (χ1v) is 12.6. The Balaban J connectivity index is 0.000000202. The van der Waals surface area contributed by atoms with Gasteiger partial charge in [0.25, 0.3) is 0 Å². The molecule has 0 saturated carbocycles. The number of halogens is 2. The maximum absolute atomic E-state index is 10.9. The minimum absolute atomic E-state index is 0.00951. The summed E-state index contributed by atoms with van der Waals surface area (Å²) < 4.78 is 30.1. The first-order valence-electron chi connectivity index (χ1n) is 7.59. The molecule has 11 heteroatoms. The third-order valence-corrected chi connectivity index (χ3v) is 6.65. The number of nitrogens with zero attached hydrogens (tertiary/aromatic N) is 1. The normalized spacial score (nSPS) is 10.9. The summed E-state index contributed by atoms with van der Waals surface area (Å²) in [6.45, 7) is 1.23. The summed E-state index contributed by atoms with van der Waals surface area (Å²) >= 11 is 1.66. The molecule has 3 rings (SSSR count). The summed E-state index contributed by atoms with van der Waals surface area (Å²) in [6, 6.07) is 8.86. The second-order valence-electron chi connectivity index (χ2n) is 5.52. The Labute approximate surface area is 179 Å². The van der Waals surface area contributed by atoms with Gasteiger partial charge in [-0.2, -0.15) is 0 Å². The van der Waals surface area contributed by atoms with Crippen LogP contribution in [0.5, 0.6) is 11.5 Å². The third kappa shape index (κ3) is 5.59. The molecule has 1 aromatic heterocycles. The van der Waals surface area contributed by atoms with Crippen molar-refractivity contribution in [3.63, 3.8) is 0 Å². The number of hydrogen-bond acceptors (Lipinski definition) is 5. The fourth-order valence-electron chi connectivity index (χ4n) is 2.15. The van der Waals surface area contributed by atoms with Crippen molar-refractivity contribution in [1.82, 2.24) is 4.98 Å². The standard InChI is InChI=1S/C9H5Br2NO.C8H10AsNO5/c10-6-4-7(11)9(13)8-5(6)2-1-3-12-8;1-5(11)10-7-4-6(9(13,14)15)2-3-8(7)12/h1-4,13H;2-4,12H,1H3,(H,10,11)(H2,13,14,15). The van der Waals surface area contributed by atoms with Crippen LogP contribution >= 0.6 is 31.9 Å². The fourth-order valence-corrected chi connectivity index (χ4v) is 4.61. The average Bonchev–Trinajstić information content (AvgIpc) is 2.61. The van der Waals surface area contributed by atoms with E-state index >= 15 is 0 Å². The number of hydrogen-bond donors (Lipinski definition) is 5. The number of carbonyl (C=O) groups is 1. The minimum Gasteiger partial charge on any atom is -0.505 e. The van der Waals surface area contributed by atoms with E-state index in [2.05, 4.69) is 42.2 Å².